The lowest BCUT2D eigenvalue weighted by Gasteiger charge is -2.10. The van der Waals surface area contributed by atoms with Crippen LogP contribution in [0.2, 0.25) is 0 Å². The number of nitrogens with zero attached hydrogens (tertiary/aromatic N) is 1. The van der Waals surface area contributed by atoms with E-state index < -0.39 is 5.97 Å². The van der Waals surface area contributed by atoms with E-state index in [1.165, 1.54) is 54.0 Å². The van der Waals surface area contributed by atoms with Gasteiger partial charge < -0.3 is 9.67 Å². The summed E-state index contributed by atoms with van der Waals surface area (Å²) in [5.41, 5.74) is 5.04. The summed E-state index contributed by atoms with van der Waals surface area (Å²) in [5, 5.41) is 11.0. The summed E-state index contributed by atoms with van der Waals surface area (Å²) < 4.78 is 2.26. The van der Waals surface area contributed by atoms with Gasteiger partial charge in [-0.1, -0.05) is 38.3 Å². The van der Waals surface area contributed by atoms with E-state index >= 15 is 0 Å². The van der Waals surface area contributed by atoms with Gasteiger partial charge in [-0.2, -0.15) is 0 Å². The Morgan fingerprint density at radius 1 is 0.964 bits per heavy atom. The van der Waals surface area contributed by atoms with Crippen molar-refractivity contribution >= 4 is 17.3 Å². The minimum Gasteiger partial charge on any atom is -0.477 e. The van der Waals surface area contributed by atoms with Crippen molar-refractivity contribution in [3.8, 4) is 5.69 Å². The van der Waals surface area contributed by atoms with Crippen LogP contribution in [-0.2, 0) is 19.3 Å². The maximum absolute atomic E-state index is 11.0. The minimum atomic E-state index is -0.834. The van der Waals surface area contributed by atoms with Crippen molar-refractivity contribution in [3.05, 3.63) is 75.7 Å². The van der Waals surface area contributed by atoms with Gasteiger partial charge >= 0.3 is 5.97 Å². The minimum absolute atomic E-state index is 0.424. The third kappa shape index (κ3) is 5.59. The lowest BCUT2D eigenvalue weighted by molar-refractivity contribution is 0.0702. The standard InChI is InChI=1S/C24H29NO2S/c1-2-3-4-5-8-19-12-14-22(15-13-19)25-16-7-11-21(25)10-6-9-20-17-23(24(26)27)28-18-20/h7,11-18H,2-6,8-10H2,1H3,(H,26,27). The molecule has 0 aliphatic heterocycles. The molecule has 0 fully saturated rings. The van der Waals surface area contributed by atoms with Crippen molar-refractivity contribution in [2.24, 2.45) is 0 Å². The molecular formula is C24H29NO2S. The summed E-state index contributed by atoms with van der Waals surface area (Å²) in [6.45, 7) is 2.25. The van der Waals surface area contributed by atoms with E-state index in [2.05, 4.69) is 54.1 Å². The first kappa shape index (κ1) is 20.4. The third-order valence-electron chi connectivity index (χ3n) is 5.13. The Morgan fingerprint density at radius 3 is 2.46 bits per heavy atom. The van der Waals surface area contributed by atoms with Gasteiger partial charge in [0.2, 0.25) is 0 Å². The Balaban J connectivity index is 1.54. The van der Waals surface area contributed by atoms with Gasteiger partial charge in [0.15, 0.2) is 0 Å². The number of carboxylic acid groups (broad SMARTS) is 1. The maximum atomic E-state index is 11.0. The molecule has 148 valence electrons. The first-order chi connectivity index (χ1) is 13.7. The quantitative estimate of drug-likeness (QED) is 0.375. The van der Waals surface area contributed by atoms with Gasteiger partial charge in [-0.05, 0) is 78.9 Å². The summed E-state index contributed by atoms with van der Waals surface area (Å²) in [6.07, 6.45) is 11.4. The number of hydrogen-bond donors (Lipinski definition) is 1. The topological polar surface area (TPSA) is 42.2 Å². The van der Waals surface area contributed by atoms with E-state index in [0.717, 1.165) is 31.2 Å². The van der Waals surface area contributed by atoms with E-state index in [1.54, 1.807) is 6.07 Å². The molecule has 0 amide bonds. The number of benzene rings is 1. The molecule has 0 saturated carbocycles. The fourth-order valence-electron chi connectivity index (χ4n) is 3.54. The predicted octanol–water partition coefficient (Wildman–Crippen LogP) is 6.54. The second kappa shape index (κ2) is 10.3. The van der Waals surface area contributed by atoms with Crippen LogP contribution in [0.1, 0.15) is 65.5 Å². The second-order valence-electron chi connectivity index (χ2n) is 7.32. The van der Waals surface area contributed by atoms with Crippen molar-refractivity contribution in [2.45, 2.75) is 58.3 Å². The van der Waals surface area contributed by atoms with Crippen molar-refractivity contribution in [1.29, 1.82) is 0 Å². The molecule has 0 unspecified atom stereocenters. The molecule has 0 aliphatic rings. The van der Waals surface area contributed by atoms with Crippen molar-refractivity contribution in [1.82, 2.24) is 4.57 Å². The van der Waals surface area contributed by atoms with E-state index in [9.17, 15) is 4.79 Å². The average molecular weight is 396 g/mol. The smallest absolute Gasteiger partial charge is 0.345 e. The van der Waals surface area contributed by atoms with Crippen LogP contribution < -0.4 is 0 Å². The van der Waals surface area contributed by atoms with E-state index in [0.29, 0.717) is 4.88 Å². The Kier molecular flexibility index (Phi) is 7.49. The molecule has 0 aliphatic carbocycles. The van der Waals surface area contributed by atoms with Crippen LogP contribution in [0.15, 0.2) is 54.0 Å². The number of unbranched alkanes of at least 4 members (excludes halogenated alkanes) is 3. The number of carbonyl (C=O) groups is 1. The molecule has 0 radical (unpaired) electrons. The summed E-state index contributed by atoms with van der Waals surface area (Å²) in [6, 6.07) is 15.0. The molecule has 2 heterocycles. The highest BCUT2D eigenvalue weighted by Gasteiger charge is 2.08. The zero-order chi connectivity index (χ0) is 19.8. The first-order valence-corrected chi connectivity index (χ1v) is 11.1. The monoisotopic (exact) mass is 395 g/mol. The van der Waals surface area contributed by atoms with Crippen LogP contribution in [0.25, 0.3) is 5.69 Å². The molecule has 0 atom stereocenters. The molecule has 4 heteroatoms. The number of aromatic carboxylic acids is 1. The van der Waals surface area contributed by atoms with Gasteiger partial charge in [-0.25, -0.2) is 4.79 Å². The zero-order valence-electron chi connectivity index (χ0n) is 16.6. The summed E-state index contributed by atoms with van der Waals surface area (Å²) in [7, 11) is 0. The number of thiophene rings is 1. The van der Waals surface area contributed by atoms with E-state index in [-0.39, 0.29) is 0 Å². The number of hydrogen-bond acceptors (Lipinski definition) is 2. The Hall–Kier alpha value is -2.33. The first-order valence-electron chi connectivity index (χ1n) is 10.2. The van der Waals surface area contributed by atoms with Crippen LogP contribution in [0.5, 0.6) is 0 Å². The van der Waals surface area contributed by atoms with Crippen LogP contribution >= 0.6 is 11.3 Å². The Labute approximate surface area is 171 Å². The number of aromatic nitrogens is 1. The van der Waals surface area contributed by atoms with Gasteiger partial charge in [0.1, 0.15) is 4.88 Å². The maximum Gasteiger partial charge on any atom is 0.345 e. The summed E-state index contributed by atoms with van der Waals surface area (Å²) >= 11 is 1.31. The molecule has 2 aromatic heterocycles. The predicted molar refractivity (Wildman–Crippen MR) is 117 cm³/mol. The molecule has 3 nitrogen and oxygen atoms in total. The van der Waals surface area contributed by atoms with Gasteiger partial charge in [0.25, 0.3) is 0 Å². The SMILES string of the molecule is CCCCCCc1ccc(-n2cccc2CCCc2csc(C(=O)O)c2)cc1. The third-order valence-corrected chi connectivity index (χ3v) is 6.10. The van der Waals surface area contributed by atoms with Crippen molar-refractivity contribution < 1.29 is 9.90 Å². The summed E-state index contributed by atoms with van der Waals surface area (Å²) in [5.74, 6) is -0.834. The molecule has 3 aromatic rings. The number of carboxylic acids is 1. The molecule has 3 rings (SSSR count). The lowest BCUT2D eigenvalue weighted by Crippen LogP contribution is -2.00. The van der Waals surface area contributed by atoms with E-state index in [4.69, 9.17) is 5.11 Å². The molecule has 1 aromatic carbocycles. The van der Waals surface area contributed by atoms with Crippen molar-refractivity contribution in [3.63, 3.8) is 0 Å². The van der Waals surface area contributed by atoms with Gasteiger partial charge in [-0.15, -0.1) is 11.3 Å². The molecule has 28 heavy (non-hydrogen) atoms. The van der Waals surface area contributed by atoms with Crippen LogP contribution in [0, 0.1) is 0 Å². The zero-order valence-corrected chi connectivity index (χ0v) is 17.4. The fourth-order valence-corrected chi connectivity index (χ4v) is 4.33. The Bertz CT molecular complexity index is 876. The van der Waals surface area contributed by atoms with Crippen LogP contribution in [0.4, 0.5) is 0 Å². The van der Waals surface area contributed by atoms with Gasteiger partial charge in [-0.3, -0.25) is 0 Å². The van der Waals surface area contributed by atoms with Gasteiger partial charge in [0.05, 0.1) is 0 Å². The molecular weight excluding hydrogens is 366 g/mol. The normalized spacial score (nSPS) is 11.0. The van der Waals surface area contributed by atoms with Crippen LogP contribution in [-0.4, -0.2) is 15.6 Å². The van der Waals surface area contributed by atoms with E-state index in [1.807, 2.05) is 5.38 Å². The van der Waals surface area contributed by atoms with Crippen molar-refractivity contribution in [2.75, 3.05) is 0 Å². The Morgan fingerprint density at radius 2 is 1.75 bits per heavy atom. The lowest BCUT2D eigenvalue weighted by atomic mass is 10.1. The molecule has 0 saturated heterocycles. The van der Waals surface area contributed by atoms with Crippen LogP contribution in [0.3, 0.4) is 0 Å². The number of rotatable bonds is 11. The highest BCUT2D eigenvalue weighted by Crippen LogP contribution is 2.19. The van der Waals surface area contributed by atoms with Gasteiger partial charge in [0, 0.05) is 17.6 Å². The largest absolute Gasteiger partial charge is 0.477 e. The fraction of sp³-hybridized carbons (Fsp3) is 0.375. The summed E-state index contributed by atoms with van der Waals surface area (Å²) in [4.78, 5) is 11.4. The molecule has 1 N–H and O–H groups in total. The molecule has 0 bridgehead atoms. The molecule has 0 spiro atoms. The highest BCUT2D eigenvalue weighted by molar-refractivity contribution is 7.12. The second-order valence-corrected chi connectivity index (χ2v) is 8.24. The highest BCUT2D eigenvalue weighted by atomic mass is 32.1. The number of aryl methyl sites for hydroxylation is 3. The average Bonchev–Trinajstić information content (AvgIpc) is 3.36.